The minimum absolute atomic E-state index is 0. The molecule has 0 saturated carbocycles. The Labute approximate surface area is 165 Å². The Balaban J connectivity index is 0.00000182. The number of aliphatic imine (C=N–C) groups is 2. The van der Waals surface area contributed by atoms with Crippen LogP contribution in [0.2, 0.25) is 0 Å². The van der Waals surface area contributed by atoms with E-state index in [9.17, 15) is 0 Å². The number of rotatable bonds is 3. The molecule has 0 aromatic heterocycles. The highest BCUT2D eigenvalue weighted by molar-refractivity contribution is 14.0. The number of nitrogens with zero attached hydrogens (tertiary/aromatic N) is 3. The van der Waals surface area contributed by atoms with Crippen LogP contribution in [-0.4, -0.2) is 43.0 Å². The fraction of sp³-hybridized carbons (Fsp3) is 0.263. The van der Waals surface area contributed by atoms with Gasteiger partial charge in [-0.2, -0.15) is 0 Å². The van der Waals surface area contributed by atoms with Crippen molar-refractivity contribution in [2.24, 2.45) is 9.98 Å². The van der Waals surface area contributed by atoms with E-state index in [0.717, 1.165) is 38.1 Å². The molecule has 0 radical (unpaired) electrons. The van der Waals surface area contributed by atoms with Gasteiger partial charge < -0.3 is 10.6 Å². The first-order chi connectivity index (χ1) is 11.9. The first kappa shape index (κ1) is 17.7. The van der Waals surface area contributed by atoms with Crippen molar-refractivity contribution in [1.29, 1.82) is 0 Å². The lowest BCUT2D eigenvalue weighted by Gasteiger charge is -2.26. The van der Waals surface area contributed by atoms with Crippen LogP contribution in [0.4, 0.5) is 0 Å². The molecule has 0 saturated heterocycles. The molecule has 2 aromatic rings. The van der Waals surface area contributed by atoms with Gasteiger partial charge in [-0.1, -0.05) is 60.7 Å². The summed E-state index contributed by atoms with van der Waals surface area (Å²) < 4.78 is 0. The standard InChI is InChI=1S/C19H21N5.HI/c1-3-7-15(8-4-1)17(16-9-5-2-6-10-16)23-19-22-13-14-24(19)18-20-11-12-21-18;/h1-10,17H,11-14H2,(H,20,21)(H,22,23);1H. The molecule has 5 nitrogen and oxygen atoms in total. The fourth-order valence-corrected chi connectivity index (χ4v) is 3.12. The molecule has 25 heavy (non-hydrogen) atoms. The number of guanidine groups is 2. The first-order valence-electron chi connectivity index (χ1n) is 8.38. The lowest BCUT2D eigenvalue weighted by molar-refractivity contribution is 0.600. The SMILES string of the molecule is I.c1ccc(C(NC2=NCCN2C2=NCCN2)c2ccccc2)cc1. The molecule has 2 heterocycles. The lowest BCUT2D eigenvalue weighted by atomic mass is 9.99. The topological polar surface area (TPSA) is 52.0 Å². The van der Waals surface area contributed by atoms with E-state index in [1.54, 1.807) is 0 Å². The zero-order chi connectivity index (χ0) is 16.2. The maximum Gasteiger partial charge on any atom is 0.201 e. The normalized spacial score (nSPS) is 16.1. The summed E-state index contributed by atoms with van der Waals surface area (Å²) in [6, 6.07) is 21.0. The van der Waals surface area contributed by atoms with Gasteiger partial charge in [0.05, 0.1) is 19.1 Å². The number of nitrogens with one attached hydrogen (secondary N) is 2. The molecule has 2 aromatic carbocycles. The monoisotopic (exact) mass is 447 g/mol. The van der Waals surface area contributed by atoms with Crippen molar-refractivity contribution < 1.29 is 0 Å². The van der Waals surface area contributed by atoms with Crippen molar-refractivity contribution in [1.82, 2.24) is 15.5 Å². The summed E-state index contributed by atoms with van der Waals surface area (Å²) in [6.45, 7) is 3.39. The Kier molecular flexibility index (Phi) is 5.91. The summed E-state index contributed by atoms with van der Waals surface area (Å²) in [4.78, 5) is 11.3. The second-order valence-electron chi connectivity index (χ2n) is 5.89. The molecule has 0 bridgehead atoms. The van der Waals surface area contributed by atoms with Gasteiger partial charge in [-0.3, -0.25) is 14.9 Å². The molecule has 0 fully saturated rings. The average molecular weight is 447 g/mol. The van der Waals surface area contributed by atoms with E-state index in [4.69, 9.17) is 0 Å². The highest BCUT2D eigenvalue weighted by Crippen LogP contribution is 2.22. The minimum atomic E-state index is 0. The van der Waals surface area contributed by atoms with Crippen LogP contribution in [0.3, 0.4) is 0 Å². The zero-order valence-electron chi connectivity index (χ0n) is 13.9. The molecule has 0 unspecified atom stereocenters. The van der Waals surface area contributed by atoms with Gasteiger partial charge in [-0.05, 0) is 11.1 Å². The molecule has 0 atom stereocenters. The molecular formula is C19H22IN5. The van der Waals surface area contributed by atoms with Crippen LogP contribution < -0.4 is 10.6 Å². The average Bonchev–Trinajstić information content (AvgIpc) is 3.32. The van der Waals surface area contributed by atoms with Gasteiger partial charge >= 0.3 is 0 Å². The second kappa shape index (κ2) is 8.33. The van der Waals surface area contributed by atoms with Gasteiger partial charge in [0.2, 0.25) is 11.9 Å². The Hall–Kier alpha value is -2.09. The van der Waals surface area contributed by atoms with Crippen molar-refractivity contribution in [3.63, 3.8) is 0 Å². The van der Waals surface area contributed by atoms with Crippen LogP contribution in [0.1, 0.15) is 17.2 Å². The molecule has 2 N–H and O–H groups in total. The highest BCUT2D eigenvalue weighted by atomic mass is 127. The molecule has 130 valence electrons. The smallest absolute Gasteiger partial charge is 0.201 e. The van der Waals surface area contributed by atoms with Crippen LogP contribution in [0, 0.1) is 0 Å². The summed E-state index contributed by atoms with van der Waals surface area (Å²) in [5, 5.41) is 6.97. The zero-order valence-corrected chi connectivity index (χ0v) is 16.3. The van der Waals surface area contributed by atoms with E-state index in [-0.39, 0.29) is 30.0 Å². The van der Waals surface area contributed by atoms with Crippen molar-refractivity contribution in [3.8, 4) is 0 Å². The Bertz CT molecular complexity index is 705. The number of hydrogen-bond donors (Lipinski definition) is 2. The van der Waals surface area contributed by atoms with E-state index in [2.05, 4.69) is 74.0 Å². The second-order valence-corrected chi connectivity index (χ2v) is 5.89. The summed E-state index contributed by atoms with van der Waals surface area (Å²) >= 11 is 0. The summed E-state index contributed by atoms with van der Waals surface area (Å²) in [5.74, 6) is 1.82. The van der Waals surface area contributed by atoms with Crippen LogP contribution in [0.25, 0.3) is 0 Å². The Morgan fingerprint density at radius 1 is 0.880 bits per heavy atom. The molecule has 6 heteroatoms. The number of halogens is 1. The van der Waals surface area contributed by atoms with Gasteiger partial charge in [0.25, 0.3) is 0 Å². The van der Waals surface area contributed by atoms with Crippen LogP contribution >= 0.6 is 24.0 Å². The predicted octanol–water partition coefficient (Wildman–Crippen LogP) is 2.61. The van der Waals surface area contributed by atoms with Gasteiger partial charge in [0.1, 0.15) is 0 Å². The summed E-state index contributed by atoms with van der Waals surface area (Å²) in [7, 11) is 0. The summed E-state index contributed by atoms with van der Waals surface area (Å²) in [6.07, 6.45) is 0. The van der Waals surface area contributed by atoms with E-state index < -0.39 is 0 Å². The van der Waals surface area contributed by atoms with E-state index in [1.807, 2.05) is 12.1 Å². The van der Waals surface area contributed by atoms with Crippen LogP contribution in [0.5, 0.6) is 0 Å². The molecule has 2 aliphatic rings. The fourth-order valence-electron chi connectivity index (χ4n) is 3.12. The van der Waals surface area contributed by atoms with Gasteiger partial charge in [0, 0.05) is 13.1 Å². The third-order valence-corrected chi connectivity index (χ3v) is 4.29. The Morgan fingerprint density at radius 3 is 2.08 bits per heavy atom. The van der Waals surface area contributed by atoms with Gasteiger partial charge in [-0.25, -0.2) is 0 Å². The minimum Gasteiger partial charge on any atom is -0.354 e. The molecule has 0 spiro atoms. The van der Waals surface area contributed by atoms with Crippen molar-refractivity contribution in [2.75, 3.05) is 26.2 Å². The third-order valence-electron chi connectivity index (χ3n) is 4.29. The van der Waals surface area contributed by atoms with Crippen molar-refractivity contribution in [2.45, 2.75) is 6.04 Å². The first-order valence-corrected chi connectivity index (χ1v) is 8.38. The molecule has 0 aliphatic carbocycles. The summed E-state index contributed by atoms with van der Waals surface area (Å²) in [5.41, 5.74) is 2.44. The van der Waals surface area contributed by atoms with Crippen LogP contribution in [0.15, 0.2) is 70.6 Å². The number of benzene rings is 2. The quantitative estimate of drug-likeness (QED) is 0.712. The highest BCUT2D eigenvalue weighted by Gasteiger charge is 2.26. The molecule has 2 aliphatic heterocycles. The van der Waals surface area contributed by atoms with Gasteiger partial charge in [-0.15, -0.1) is 24.0 Å². The van der Waals surface area contributed by atoms with Crippen molar-refractivity contribution in [3.05, 3.63) is 71.8 Å². The van der Waals surface area contributed by atoms with Crippen molar-refractivity contribution >= 4 is 35.9 Å². The van der Waals surface area contributed by atoms with E-state index in [1.165, 1.54) is 11.1 Å². The predicted molar refractivity (Wildman–Crippen MR) is 113 cm³/mol. The lowest BCUT2D eigenvalue weighted by Crippen LogP contribution is -2.47. The third kappa shape index (κ3) is 3.95. The molecule has 0 amide bonds. The largest absolute Gasteiger partial charge is 0.354 e. The van der Waals surface area contributed by atoms with Crippen LogP contribution in [-0.2, 0) is 0 Å². The maximum atomic E-state index is 4.66. The molecular weight excluding hydrogens is 425 g/mol. The number of hydrogen-bond acceptors (Lipinski definition) is 5. The van der Waals surface area contributed by atoms with E-state index in [0.29, 0.717) is 0 Å². The van der Waals surface area contributed by atoms with Gasteiger partial charge in [0.15, 0.2) is 0 Å². The Morgan fingerprint density at radius 2 is 1.52 bits per heavy atom. The maximum absolute atomic E-state index is 4.66. The molecule has 4 rings (SSSR count). The van der Waals surface area contributed by atoms with E-state index >= 15 is 0 Å².